The summed E-state index contributed by atoms with van der Waals surface area (Å²) in [5, 5.41) is 3.84. The topological polar surface area (TPSA) is 21.3 Å². The van der Waals surface area contributed by atoms with Gasteiger partial charge in [-0.3, -0.25) is 0 Å². The summed E-state index contributed by atoms with van der Waals surface area (Å²) in [7, 11) is 0. The molecule has 2 fully saturated rings. The zero-order valence-corrected chi connectivity index (χ0v) is 12.5. The monoisotopic (exact) mass is 253 g/mol. The quantitative estimate of drug-likeness (QED) is 0.808. The van der Waals surface area contributed by atoms with Crippen LogP contribution in [-0.2, 0) is 4.74 Å². The molecular formula is C16H31NO. The van der Waals surface area contributed by atoms with Gasteiger partial charge >= 0.3 is 0 Å². The molecule has 0 amide bonds. The van der Waals surface area contributed by atoms with Crippen molar-refractivity contribution < 1.29 is 4.74 Å². The van der Waals surface area contributed by atoms with E-state index in [4.69, 9.17) is 4.74 Å². The number of hydrogen-bond donors (Lipinski definition) is 1. The van der Waals surface area contributed by atoms with Gasteiger partial charge in [-0.1, -0.05) is 27.2 Å². The van der Waals surface area contributed by atoms with Crippen molar-refractivity contribution in [1.82, 2.24) is 5.32 Å². The van der Waals surface area contributed by atoms with Crippen molar-refractivity contribution in [2.45, 2.75) is 65.3 Å². The highest BCUT2D eigenvalue weighted by atomic mass is 16.5. The van der Waals surface area contributed by atoms with Gasteiger partial charge in [-0.2, -0.15) is 0 Å². The second-order valence-corrected chi connectivity index (χ2v) is 6.70. The average molecular weight is 253 g/mol. The molecule has 1 saturated carbocycles. The first-order valence-electron chi connectivity index (χ1n) is 8.01. The van der Waals surface area contributed by atoms with E-state index in [1.807, 2.05) is 0 Å². The molecule has 1 heterocycles. The van der Waals surface area contributed by atoms with Crippen molar-refractivity contribution in [2.24, 2.45) is 17.3 Å². The minimum Gasteiger partial charge on any atom is -0.381 e. The summed E-state index contributed by atoms with van der Waals surface area (Å²) < 4.78 is 5.61. The molecule has 0 aromatic carbocycles. The molecule has 2 aliphatic rings. The summed E-state index contributed by atoms with van der Waals surface area (Å²) in [5.41, 5.74) is 0.605. The smallest absolute Gasteiger partial charge is 0.0471 e. The van der Waals surface area contributed by atoms with E-state index in [0.717, 1.165) is 25.0 Å². The van der Waals surface area contributed by atoms with E-state index in [9.17, 15) is 0 Å². The summed E-state index contributed by atoms with van der Waals surface area (Å²) >= 11 is 0. The second-order valence-electron chi connectivity index (χ2n) is 6.70. The normalized spacial score (nSPS) is 29.0. The van der Waals surface area contributed by atoms with E-state index in [0.29, 0.717) is 11.5 Å². The Bertz CT molecular complexity index is 245. The van der Waals surface area contributed by atoms with Crippen molar-refractivity contribution in [1.29, 1.82) is 0 Å². The Morgan fingerprint density at radius 2 is 1.94 bits per heavy atom. The van der Waals surface area contributed by atoms with Crippen LogP contribution in [0.3, 0.4) is 0 Å². The van der Waals surface area contributed by atoms with Gasteiger partial charge in [0.1, 0.15) is 0 Å². The largest absolute Gasteiger partial charge is 0.381 e. The molecule has 106 valence electrons. The van der Waals surface area contributed by atoms with Crippen LogP contribution in [0.25, 0.3) is 0 Å². The first-order chi connectivity index (χ1) is 8.69. The molecule has 2 atom stereocenters. The molecule has 0 aromatic heterocycles. The lowest BCUT2D eigenvalue weighted by Gasteiger charge is -2.44. The van der Waals surface area contributed by atoms with Crippen LogP contribution >= 0.6 is 0 Å². The highest BCUT2D eigenvalue weighted by Crippen LogP contribution is 2.52. The first-order valence-corrected chi connectivity index (χ1v) is 8.01. The molecule has 1 spiro atoms. The van der Waals surface area contributed by atoms with E-state index in [1.165, 1.54) is 45.1 Å². The van der Waals surface area contributed by atoms with Gasteiger partial charge in [0.25, 0.3) is 0 Å². The molecule has 0 aromatic rings. The minimum absolute atomic E-state index is 0.605. The van der Waals surface area contributed by atoms with Crippen molar-refractivity contribution >= 4 is 0 Å². The summed E-state index contributed by atoms with van der Waals surface area (Å²) in [6, 6.07) is 0.713. The van der Waals surface area contributed by atoms with Gasteiger partial charge in [-0.05, 0) is 55.9 Å². The van der Waals surface area contributed by atoms with E-state index in [2.05, 4.69) is 26.1 Å². The van der Waals surface area contributed by atoms with Gasteiger partial charge in [0.2, 0.25) is 0 Å². The maximum atomic E-state index is 5.61. The lowest BCUT2D eigenvalue weighted by Crippen LogP contribution is -2.48. The lowest BCUT2D eigenvalue weighted by atomic mass is 9.67. The van der Waals surface area contributed by atoms with Gasteiger partial charge in [-0.15, -0.1) is 0 Å². The summed E-state index contributed by atoms with van der Waals surface area (Å²) in [6.45, 7) is 10.2. The van der Waals surface area contributed by atoms with Gasteiger partial charge in [0.05, 0.1) is 0 Å². The molecule has 0 bridgehead atoms. The molecule has 18 heavy (non-hydrogen) atoms. The number of nitrogens with one attached hydrogen (secondary N) is 1. The van der Waals surface area contributed by atoms with Gasteiger partial charge < -0.3 is 10.1 Å². The molecule has 1 N–H and O–H groups in total. The van der Waals surface area contributed by atoms with Gasteiger partial charge in [0, 0.05) is 19.3 Å². The molecule has 1 saturated heterocycles. The van der Waals surface area contributed by atoms with Crippen LogP contribution < -0.4 is 5.32 Å². The molecule has 2 heteroatoms. The van der Waals surface area contributed by atoms with Crippen molar-refractivity contribution in [3.63, 3.8) is 0 Å². The Hall–Kier alpha value is -0.0800. The predicted octanol–water partition coefficient (Wildman–Crippen LogP) is 3.61. The molecular weight excluding hydrogens is 222 g/mol. The maximum absolute atomic E-state index is 5.61. The third kappa shape index (κ3) is 2.91. The standard InChI is InChI=1S/C16H31NO/c1-4-10-17-15(13(2)3)14-6-5-7-16(14)8-11-18-12-9-16/h13-15,17H,4-12H2,1-3H3. The SMILES string of the molecule is CCCNC(C(C)C)C1CCCC12CCOCC2. The van der Waals surface area contributed by atoms with Crippen molar-refractivity contribution in [3.05, 3.63) is 0 Å². The van der Waals surface area contributed by atoms with Gasteiger partial charge in [-0.25, -0.2) is 0 Å². The van der Waals surface area contributed by atoms with Crippen LogP contribution in [0.5, 0.6) is 0 Å². The van der Waals surface area contributed by atoms with Crippen LogP contribution in [-0.4, -0.2) is 25.8 Å². The molecule has 1 aliphatic heterocycles. The second kappa shape index (κ2) is 6.38. The molecule has 2 nitrogen and oxygen atoms in total. The Balaban J connectivity index is 2.07. The van der Waals surface area contributed by atoms with Crippen LogP contribution in [0, 0.1) is 17.3 Å². The third-order valence-corrected chi connectivity index (χ3v) is 5.25. The van der Waals surface area contributed by atoms with E-state index in [-0.39, 0.29) is 0 Å². The van der Waals surface area contributed by atoms with Crippen LogP contribution in [0.4, 0.5) is 0 Å². The molecule has 1 aliphatic carbocycles. The lowest BCUT2D eigenvalue weighted by molar-refractivity contribution is -0.0190. The highest BCUT2D eigenvalue weighted by molar-refractivity contribution is 4.99. The van der Waals surface area contributed by atoms with E-state index >= 15 is 0 Å². The van der Waals surface area contributed by atoms with Crippen molar-refractivity contribution in [3.8, 4) is 0 Å². The van der Waals surface area contributed by atoms with Gasteiger partial charge in [0.15, 0.2) is 0 Å². The Kier molecular flexibility index (Phi) is 5.08. The highest BCUT2D eigenvalue weighted by Gasteiger charge is 2.47. The molecule has 2 unspecified atom stereocenters. The zero-order valence-electron chi connectivity index (χ0n) is 12.5. The van der Waals surface area contributed by atoms with Crippen LogP contribution in [0.15, 0.2) is 0 Å². The third-order valence-electron chi connectivity index (χ3n) is 5.25. The minimum atomic E-state index is 0.605. The van der Waals surface area contributed by atoms with Crippen LogP contribution in [0.1, 0.15) is 59.3 Å². The Morgan fingerprint density at radius 1 is 1.22 bits per heavy atom. The molecule has 2 rings (SSSR count). The molecule has 0 radical (unpaired) electrons. The van der Waals surface area contributed by atoms with E-state index < -0.39 is 0 Å². The zero-order chi connectivity index (χ0) is 13.0. The number of ether oxygens (including phenoxy) is 1. The number of hydrogen-bond acceptors (Lipinski definition) is 2. The van der Waals surface area contributed by atoms with Crippen LogP contribution in [0.2, 0.25) is 0 Å². The first kappa shape index (κ1) is 14.3. The fourth-order valence-electron chi connectivity index (χ4n) is 4.28. The van der Waals surface area contributed by atoms with Crippen molar-refractivity contribution in [2.75, 3.05) is 19.8 Å². The Labute approximate surface area is 113 Å². The average Bonchev–Trinajstić information content (AvgIpc) is 2.74. The fraction of sp³-hybridized carbons (Fsp3) is 1.00. The maximum Gasteiger partial charge on any atom is 0.0471 e. The fourth-order valence-corrected chi connectivity index (χ4v) is 4.28. The predicted molar refractivity (Wildman–Crippen MR) is 76.7 cm³/mol. The summed E-state index contributed by atoms with van der Waals surface area (Å²) in [6.07, 6.45) is 8.15. The summed E-state index contributed by atoms with van der Waals surface area (Å²) in [4.78, 5) is 0. The van der Waals surface area contributed by atoms with E-state index in [1.54, 1.807) is 0 Å². The number of rotatable bonds is 5. The Morgan fingerprint density at radius 3 is 2.56 bits per heavy atom. The summed E-state index contributed by atoms with van der Waals surface area (Å²) in [5.74, 6) is 1.63.